The summed E-state index contributed by atoms with van der Waals surface area (Å²) in [6, 6.07) is 0. The first-order valence-corrected chi connectivity index (χ1v) is 7.00. The van der Waals surface area contributed by atoms with Gasteiger partial charge in [-0.15, -0.1) is 0 Å². The van der Waals surface area contributed by atoms with Gasteiger partial charge in [0, 0.05) is 12.1 Å². The van der Waals surface area contributed by atoms with Gasteiger partial charge in [0.2, 0.25) is 5.91 Å². The smallest absolute Gasteiger partial charge is 0.224 e. The summed E-state index contributed by atoms with van der Waals surface area (Å²) in [5.41, 5.74) is 1.74. The minimum absolute atomic E-state index is 0.0705. The minimum atomic E-state index is 0.0705. The van der Waals surface area contributed by atoms with Crippen LogP contribution in [-0.4, -0.2) is 17.6 Å². The summed E-state index contributed by atoms with van der Waals surface area (Å²) in [4.78, 5) is 12.0. The Kier molecular flexibility index (Phi) is 3.17. The average molecular weight is 260 g/mol. The zero-order valence-electron chi connectivity index (χ0n) is 11.5. The van der Waals surface area contributed by atoms with Gasteiger partial charge in [0.15, 0.2) is 0 Å². The third-order valence-electron chi connectivity index (χ3n) is 4.50. The van der Waals surface area contributed by atoms with Crippen molar-refractivity contribution in [3.05, 3.63) is 29.2 Å². The number of nitrogens with zero attached hydrogens (tertiary/aromatic N) is 1. The van der Waals surface area contributed by atoms with Crippen molar-refractivity contribution >= 4 is 5.91 Å². The van der Waals surface area contributed by atoms with Gasteiger partial charge in [-0.3, -0.25) is 4.79 Å². The zero-order valence-corrected chi connectivity index (χ0v) is 11.5. The highest BCUT2D eigenvalue weighted by Gasteiger charge is 2.35. The molecular formula is C15H20N2O2. The van der Waals surface area contributed by atoms with Gasteiger partial charge in [-0.1, -0.05) is 17.3 Å². The first-order valence-electron chi connectivity index (χ1n) is 7.00. The highest BCUT2D eigenvalue weighted by Crippen LogP contribution is 2.42. The number of hydrogen-bond donors (Lipinski definition) is 1. The van der Waals surface area contributed by atoms with E-state index >= 15 is 0 Å². The van der Waals surface area contributed by atoms with E-state index in [1.54, 1.807) is 0 Å². The van der Waals surface area contributed by atoms with E-state index in [0.29, 0.717) is 18.3 Å². The summed E-state index contributed by atoms with van der Waals surface area (Å²) >= 11 is 0. The fourth-order valence-corrected chi connectivity index (χ4v) is 3.35. The van der Waals surface area contributed by atoms with Gasteiger partial charge in [0.1, 0.15) is 5.76 Å². The Morgan fingerprint density at radius 2 is 2.26 bits per heavy atom. The van der Waals surface area contributed by atoms with Crippen LogP contribution in [0, 0.1) is 31.6 Å². The normalized spacial score (nSPS) is 28.0. The number of carbonyl (C=O) groups is 1. The number of allylic oxidation sites excluding steroid dienone is 2. The first kappa shape index (κ1) is 12.5. The van der Waals surface area contributed by atoms with Crippen molar-refractivity contribution in [1.29, 1.82) is 0 Å². The Balaban J connectivity index is 1.51. The SMILES string of the molecule is Cc1noc(C)c1CC(=O)NC[C@@H]1C[C@H]2C=C[C@H]1C2. The number of nitrogens with one attached hydrogen (secondary N) is 1. The summed E-state index contributed by atoms with van der Waals surface area (Å²) < 4.78 is 5.08. The summed E-state index contributed by atoms with van der Waals surface area (Å²) in [6.45, 7) is 4.52. The molecule has 0 saturated heterocycles. The average Bonchev–Trinajstić information content (AvgIpc) is 3.08. The number of hydrogen-bond acceptors (Lipinski definition) is 3. The molecule has 1 amide bonds. The molecule has 1 fully saturated rings. The quantitative estimate of drug-likeness (QED) is 0.844. The molecule has 2 bridgehead atoms. The van der Waals surface area contributed by atoms with Crippen LogP contribution < -0.4 is 5.32 Å². The van der Waals surface area contributed by atoms with E-state index in [-0.39, 0.29) is 5.91 Å². The molecule has 0 spiro atoms. The Hall–Kier alpha value is -1.58. The number of amides is 1. The van der Waals surface area contributed by atoms with Crippen molar-refractivity contribution in [2.45, 2.75) is 33.1 Å². The Bertz CT molecular complexity index is 499. The summed E-state index contributed by atoms with van der Waals surface area (Å²) in [5.74, 6) is 2.89. The topological polar surface area (TPSA) is 55.1 Å². The fourth-order valence-electron chi connectivity index (χ4n) is 3.35. The number of rotatable bonds is 4. The van der Waals surface area contributed by atoms with E-state index in [9.17, 15) is 4.79 Å². The van der Waals surface area contributed by atoms with E-state index < -0.39 is 0 Å². The molecule has 1 saturated carbocycles. The molecule has 2 aliphatic carbocycles. The van der Waals surface area contributed by atoms with Gasteiger partial charge in [-0.05, 0) is 44.4 Å². The molecule has 0 unspecified atom stereocenters. The van der Waals surface area contributed by atoms with Crippen LogP contribution in [0.15, 0.2) is 16.7 Å². The van der Waals surface area contributed by atoms with Crippen LogP contribution in [0.1, 0.15) is 29.9 Å². The highest BCUT2D eigenvalue weighted by molar-refractivity contribution is 5.79. The maximum atomic E-state index is 12.0. The molecule has 3 rings (SSSR count). The van der Waals surface area contributed by atoms with E-state index in [0.717, 1.165) is 29.5 Å². The van der Waals surface area contributed by atoms with E-state index in [4.69, 9.17) is 4.52 Å². The number of aryl methyl sites for hydroxylation is 2. The molecule has 0 aromatic carbocycles. The highest BCUT2D eigenvalue weighted by atomic mass is 16.5. The lowest BCUT2D eigenvalue weighted by Crippen LogP contribution is -2.32. The van der Waals surface area contributed by atoms with Crippen molar-refractivity contribution in [2.75, 3.05) is 6.54 Å². The first-order chi connectivity index (χ1) is 9.13. The monoisotopic (exact) mass is 260 g/mol. The van der Waals surface area contributed by atoms with Crippen molar-refractivity contribution < 1.29 is 9.32 Å². The van der Waals surface area contributed by atoms with Crippen molar-refractivity contribution in [3.63, 3.8) is 0 Å². The van der Waals surface area contributed by atoms with E-state index in [1.807, 2.05) is 13.8 Å². The molecule has 1 N–H and O–H groups in total. The molecular weight excluding hydrogens is 240 g/mol. The van der Waals surface area contributed by atoms with Crippen LogP contribution in [0.25, 0.3) is 0 Å². The lowest BCUT2D eigenvalue weighted by Gasteiger charge is -2.18. The van der Waals surface area contributed by atoms with Crippen LogP contribution in [-0.2, 0) is 11.2 Å². The van der Waals surface area contributed by atoms with Crippen LogP contribution in [0.5, 0.6) is 0 Å². The molecule has 1 heterocycles. The van der Waals surface area contributed by atoms with Crippen LogP contribution in [0.4, 0.5) is 0 Å². The number of fused-ring (bicyclic) bond motifs is 2. The third-order valence-corrected chi connectivity index (χ3v) is 4.50. The van der Waals surface area contributed by atoms with Gasteiger partial charge < -0.3 is 9.84 Å². The second-order valence-electron chi connectivity index (χ2n) is 5.82. The Labute approximate surface area is 113 Å². The maximum Gasteiger partial charge on any atom is 0.224 e. The van der Waals surface area contributed by atoms with Crippen LogP contribution in [0.2, 0.25) is 0 Å². The third kappa shape index (κ3) is 2.44. The molecule has 1 aromatic heterocycles. The Morgan fingerprint density at radius 3 is 2.84 bits per heavy atom. The maximum absolute atomic E-state index is 12.0. The molecule has 2 aliphatic rings. The molecule has 4 nitrogen and oxygen atoms in total. The van der Waals surface area contributed by atoms with Crippen LogP contribution in [0.3, 0.4) is 0 Å². The van der Waals surface area contributed by atoms with Gasteiger partial charge in [-0.2, -0.15) is 0 Å². The predicted molar refractivity (Wildman–Crippen MR) is 71.5 cm³/mol. The van der Waals surface area contributed by atoms with Crippen molar-refractivity contribution in [3.8, 4) is 0 Å². The second kappa shape index (κ2) is 4.83. The van der Waals surface area contributed by atoms with Gasteiger partial charge in [0.05, 0.1) is 12.1 Å². The van der Waals surface area contributed by atoms with Gasteiger partial charge in [0.25, 0.3) is 0 Å². The lowest BCUT2D eigenvalue weighted by molar-refractivity contribution is -0.120. The molecule has 19 heavy (non-hydrogen) atoms. The summed E-state index contributed by atoms with van der Waals surface area (Å²) in [6.07, 6.45) is 7.53. The largest absolute Gasteiger partial charge is 0.361 e. The second-order valence-corrected chi connectivity index (χ2v) is 5.82. The van der Waals surface area contributed by atoms with E-state index in [2.05, 4.69) is 22.6 Å². The minimum Gasteiger partial charge on any atom is -0.361 e. The fraction of sp³-hybridized carbons (Fsp3) is 0.600. The number of carbonyl (C=O) groups excluding carboxylic acids is 1. The van der Waals surface area contributed by atoms with E-state index in [1.165, 1.54) is 12.8 Å². The lowest BCUT2D eigenvalue weighted by atomic mass is 9.93. The van der Waals surface area contributed by atoms with Gasteiger partial charge in [-0.25, -0.2) is 0 Å². The molecule has 4 heteroatoms. The van der Waals surface area contributed by atoms with Crippen LogP contribution >= 0.6 is 0 Å². The molecule has 3 atom stereocenters. The zero-order chi connectivity index (χ0) is 13.4. The van der Waals surface area contributed by atoms with Gasteiger partial charge >= 0.3 is 0 Å². The Morgan fingerprint density at radius 1 is 1.42 bits per heavy atom. The molecule has 0 aliphatic heterocycles. The standard InChI is InChI=1S/C15H20N2O2/c1-9-14(10(2)19-17-9)7-15(18)16-8-13-6-11-3-4-12(13)5-11/h3-4,11-13H,5-8H2,1-2H3,(H,16,18)/t11-,12-,13-/m0/s1. The predicted octanol–water partition coefficient (Wildman–Crippen LogP) is 2.16. The molecule has 102 valence electrons. The molecule has 1 aromatic rings. The molecule has 0 radical (unpaired) electrons. The van der Waals surface area contributed by atoms with Crippen molar-refractivity contribution in [2.24, 2.45) is 17.8 Å². The van der Waals surface area contributed by atoms with Crippen molar-refractivity contribution in [1.82, 2.24) is 10.5 Å². The number of aromatic nitrogens is 1. The summed E-state index contributed by atoms with van der Waals surface area (Å²) in [5, 5.41) is 6.93. The summed E-state index contributed by atoms with van der Waals surface area (Å²) in [7, 11) is 0.